The van der Waals surface area contributed by atoms with Crippen molar-refractivity contribution < 1.29 is 0 Å². The third kappa shape index (κ3) is 2.37. The van der Waals surface area contributed by atoms with Crippen LogP contribution in [0.3, 0.4) is 0 Å². The predicted octanol–water partition coefficient (Wildman–Crippen LogP) is 6.16. The second-order valence-electron chi connectivity index (χ2n) is 5.61. The molecule has 2 aromatic rings. The van der Waals surface area contributed by atoms with Crippen LogP contribution in [-0.4, -0.2) is 0 Å². The zero-order chi connectivity index (χ0) is 12.5. The van der Waals surface area contributed by atoms with Gasteiger partial charge in [0.2, 0.25) is 0 Å². The number of benzene rings is 1. The van der Waals surface area contributed by atoms with Gasteiger partial charge in [-0.3, -0.25) is 0 Å². The summed E-state index contributed by atoms with van der Waals surface area (Å²) in [5, 5.41) is 3.80. The summed E-state index contributed by atoms with van der Waals surface area (Å²) in [5.74, 6) is 1.75. The van der Waals surface area contributed by atoms with Gasteiger partial charge in [-0.05, 0) is 47.1 Å². The fraction of sp³-hybridized carbons (Fsp3) is 0.500. The van der Waals surface area contributed by atoms with Crippen LogP contribution >= 0.6 is 27.3 Å². The summed E-state index contributed by atoms with van der Waals surface area (Å²) >= 11 is 5.85. The fourth-order valence-corrected chi connectivity index (χ4v) is 5.12. The molecule has 0 amide bonds. The maximum atomic E-state index is 3.97. The number of halogens is 1. The van der Waals surface area contributed by atoms with E-state index >= 15 is 0 Å². The molecule has 1 heterocycles. The van der Waals surface area contributed by atoms with E-state index in [0.717, 1.165) is 11.8 Å². The zero-order valence-electron chi connectivity index (χ0n) is 10.7. The highest BCUT2D eigenvalue weighted by Crippen LogP contribution is 2.44. The molecule has 96 valence electrons. The van der Waals surface area contributed by atoms with Crippen LogP contribution in [0, 0.1) is 11.8 Å². The van der Waals surface area contributed by atoms with Crippen LogP contribution in [0.5, 0.6) is 0 Å². The van der Waals surface area contributed by atoms with Crippen LogP contribution in [0.15, 0.2) is 29.6 Å². The normalized spacial score (nSPS) is 26.3. The second-order valence-corrected chi connectivity index (χ2v) is 7.51. The van der Waals surface area contributed by atoms with E-state index in [1.165, 1.54) is 41.3 Å². The first kappa shape index (κ1) is 12.7. The molecule has 0 nitrogen and oxygen atoms in total. The van der Waals surface area contributed by atoms with E-state index < -0.39 is 0 Å². The van der Waals surface area contributed by atoms with Crippen molar-refractivity contribution >= 4 is 37.4 Å². The Hall–Kier alpha value is -0.340. The quantitative estimate of drug-likeness (QED) is 0.580. The Morgan fingerprint density at radius 2 is 1.89 bits per heavy atom. The molecular formula is C16H19BrS. The number of hydrogen-bond donors (Lipinski definition) is 0. The Morgan fingerprint density at radius 1 is 1.17 bits per heavy atom. The minimum absolute atomic E-state index is 0.543. The number of fused-ring (bicyclic) bond motifs is 1. The van der Waals surface area contributed by atoms with Gasteiger partial charge in [-0.2, -0.15) is 0 Å². The topological polar surface area (TPSA) is 0 Å². The number of thiophene rings is 1. The standard InChI is InChI=1S/C16H19BrS/c1-11-6-8-12(9-7-11)16(17)14-10-18-15-5-3-2-4-13(14)15/h2-5,10-12,16H,6-9H2,1H3. The van der Waals surface area contributed by atoms with Gasteiger partial charge < -0.3 is 0 Å². The van der Waals surface area contributed by atoms with Crippen molar-refractivity contribution in [2.45, 2.75) is 37.4 Å². The van der Waals surface area contributed by atoms with Gasteiger partial charge in [-0.15, -0.1) is 11.3 Å². The Kier molecular flexibility index (Phi) is 3.76. The SMILES string of the molecule is CC1CCC(C(Br)c2csc3ccccc23)CC1. The molecule has 1 aliphatic carbocycles. The summed E-state index contributed by atoms with van der Waals surface area (Å²) in [6.45, 7) is 2.39. The highest BCUT2D eigenvalue weighted by Gasteiger charge is 2.26. The Labute approximate surface area is 122 Å². The van der Waals surface area contributed by atoms with Gasteiger partial charge in [0, 0.05) is 9.53 Å². The summed E-state index contributed by atoms with van der Waals surface area (Å²) in [6, 6.07) is 8.78. The predicted molar refractivity (Wildman–Crippen MR) is 84.6 cm³/mol. The average molecular weight is 323 g/mol. The zero-order valence-corrected chi connectivity index (χ0v) is 13.1. The van der Waals surface area contributed by atoms with Gasteiger partial charge in [0.1, 0.15) is 0 Å². The molecule has 18 heavy (non-hydrogen) atoms. The first-order valence-electron chi connectivity index (χ1n) is 6.86. The minimum Gasteiger partial charge on any atom is -0.143 e. The van der Waals surface area contributed by atoms with E-state index in [9.17, 15) is 0 Å². The van der Waals surface area contributed by atoms with Crippen molar-refractivity contribution in [2.24, 2.45) is 11.8 Å². The molecule has 1 fully saturated rings. The van der Waals surface area contributed by atoms with Crippen molar-refractivity contribution in [3.05, 3.63) is 35.2 Å². The van der Waals surface area contributed by atoms with Crippen molar-refractivity contribution in [1.29, 1.82) is 0 Å². The number of alkyl halides is 1. The Bertz CT molecular complexity index is 523. The first-order chi connectivity index (χ1) is 8.75. The van der Waals surface area contributed by atoms with E-state index in [2.05, 4.69) is 52.5 Å². The highest BCUT2D eigenvalue weighted by molar-refractivity contribution is 9.09. The monoisotopic (exact) mass is 322 g/mol. The Balaban J connectivity index is 1.85. The van der Waals surface area contributed by atoms with E-state index in [1.54, 1.807) is 0 Å². The van der Waals surface area contributed by atoms with Crippen LogP contribution in [0.1, 0.15) is 43.0 Å². The molecule has 1 unspecified atom stereocenters. The van der Waals surface area contributed by atoms with E-state index in [4.69, 9.17) is 0 Å². The molecule has 1 aliphatic rings. The first-order valence-corrected chi connectivity index (χ1v) is 8.65. The molecule has 2 heteroatoms. The minimum atomic E-state index is 0.543. The van der Waals surface area contributed by atoms with Gasteiger partial charge >= 0.3 is 0 Å². The van der Waals surface area contributed by atoms with Crippen LogP contribution in [0.4, 0.5) is 0 Å². The lowest BCUT2D eigenvalue weighted by atomic mass is 9.80. The van der Waals surface area contributed by atoms with E-state index in [0.29, 0.717) is 4.83 Å². The summed E-state index contributed by atoms with van der Waals surface area (Å²) in [7, 11) is 0. The smallest absolute Gasteiger partial charge is 0.0437 e. The lowest BCUT2D eigenvalue weighted by molar-refractivity contribution is 0.288. The molecule has 0 aliphatic heterocycles. The van der Waals surface area contributed by atoms with Crippen molar-refractivity contribution in [2.75, 3.05) is 0 Å². The van der Waals surface area contributed by atoms with Gasteiger partial charge in [0.15, 0.2) is 0 Å². The number of hydrogen-bond acceptors (Lipinski definition) is 1. The molecule has 1 aromatic carbocycles. The molecule has 1 aromatic heterocycles. The van der Waals surface area contributed by atoms with Crippen molar-refractivity contribution in [3.8, 4) is 0 Å². The summed E-state index contributed by atoms with van der Waals surface area (Å²) < 4.78 is 1.42. The lowest BCUT2D eigenvalue weighted by Gasteiger charge is -2.29. The molecule has 1 atom stereocenters. The molecular weight excluding hydrogens is 304 g/mol. The second kappa shape index (κ2) is 5.34. The summed E-state index contributed by atoms with van der Waals surface area (Å²) in [6.07, 6.45) is 5.55. The molecule has 0 bridgehead atoms. The van der Waals surface area contributed by atoms with Crippen molar-refractivity contribution in [3.63, 3.8) is 0 Å². The fourth-order valence-electron chi connectivity index (χ4n) is 3.04. The van der Waals surface area contributed by atoms with Crippen LogP contribution in [0.25, 0.3) is 10.1 Å². The lowest BCUT2D eigenvalue weighted by Crippen LogP contribution is -2.16. The maximum Gasteiger partial charge on any atom is 0.0437 e. The van der Waals surface area contributed by atoms with Crippen LogP contribution < -0.4 is 0 Å². The molecule has 3 rings (SSSR count). The van der Waals surface area contributed by atoms with Gasteiger partial charge in [0.25, 0.3) is 0 Å². The molecule has 1 saturated carbocycles. The number of rotatable bonds is 2. The maximum absolute atomic E-state index is 3.97. The van der Waals surface area contributed by atoms with Gasteiger partial charge in [0.05, 0.1) is 0 Å². The van der Waals surface area contributed by atoms with Crippen LogP contribution in [-0.2, 0) is 0 Å². The molecule has 0 saturated heterocycles. The van der Waals surface area contributed by atoms with E-state index in [1.807, 2.05) is 11.3 Å². The molecule has 0 N–H and O–H groups in total. The third-order valence-corrected chi connectivity index (χ3v) is 6.51. The van der Waals surface area contributed by atoms with Gasteiger partial charge in [-0.25, -0.2) is 0 Å². The summed E-state index contributed by atoms with van der Waals surface area (Å²) in [5.41, 5.74) is 1.51. The van der Waals surface area contributed by atoms with Crippen LogP contribution in [0.2, 0.25) is 0 Å². The van der Waals surface area contributed by atoms with Crippen molar-refractivity contribution in [1.82, 2.24) is 0 Å². The van der Waals surface area contributed by atoms with Gasteiger partial charge in [-0.1, -0.05) is 53.9 Å². The third-order valence-electron chi connectivity index (χ3n) is 4.28. The molecule has 0 spiro atoms. The van der Waals surface area contributed by atoms with E-state index in [-0.39, 0.29) is 0 Å². The average Bonchev–Trinajstić information content (AvgIpc) is 2.82. The molecule has 0 radical (unpaired) electrons. The largest absolute Gasteiger partial charge is 0.143 e. The summed E-state index contributed by atoms with van der Waals surface area (Å²) in [4.78, 5) is 0.543. The highest BCUT2D eigenvalue weighted by atomic mass is 79.9. The Morgan fingerprint density at radius 3 is 2.67 bits per heavy atom.